The third-order valence-electron chi connectivity index (χ3n) is 4.56. The molecule has 0 saturated heterocycles. The highest BCUT2D eigenvalue weighted by Crippen LogP contribution is 2.34. The average Bonchev–Trinajstić information content (AvgIpc) is 2.58. The Morgan fingerprint density at radius 2 is 1.79 bits per heavy atom. The molecular weight excluding hydrogens is 328 g/mol. The van der Waals surface area contributed by atoms with Crippen LogP contribution in [0.1, 0.15) is 44.6 Å². The number of hydrogen-bond donors (Lipinski definition) is 0. The number of hydrogen-bond acceptors (Lipinski definition) is 5. The smallest absolute Gasteiger partial charge is 0.309 e. The highest BCUT2D eigenvalue weighted by atomic mass is 32.2. The Kier molecular flexibility index (Phi) is 6.80. The van der Waals surface area contributed by atoms with E-state index in [1.54, 1.807) is 0 Å². The fourth-order valence-electron chi connectivity index (χ4n) is 3.28. The zero-order valence-corrected chi connectivity index (χ0v) is 15.1. The number of ether oxygens (including phenoxy) is 1. The van der Waals surface area contributed by atoms with Gasteiger partial charge >= 0.3 is 5.97 Å². The van der Waals surface area contributed by atoms with Crippen LogP contribution in [0.15, 0.2) is 30.3 Å². The first-order valence-corrected chi connectivity index (χ1v) is 10.3. The maximum absolute atomic E-state index is 12.2. The molecule has 1 aromatic rings. The van der Waals surface area contributed by atoms with Gasteiger partial charge in [0.25, 0.3) is 10.1 Å². The Morgan fingerprint density at radius 3 is 2.33 bits per heavy atom. The van der Waals surface area contributed by atoms with Crippen molar-refractivity contribution >= 4 is 16.1 Å². The van der Waals surface area contributed by atoms with Crippen molar-refractivity contribution in [3.05, 3.63) is 35.9 Å². The lowest BCUT2D eigenvalue weighted by molar-refractivity contribution is -0.151. The first kappa shape index (κ1) is 18.9. The zero-order chi connectivity index (χ0) is 17.6. The van der Waals surface area contributed by atoms with Gasteiger partial charge in [-0.25, -0.2) is 0 Å². The number of carbonyl (C=O) groups excluding carboxylic acids is 1. The van der Waals surface area contributed by atoms with Crippen LogP contribution in [0.4, 0.5) is 0 Å². The minimum absolute atomic E-state index is 0.0966. The molecule has 0 aromatic heterocycles. The second-order valence-electron chi connectivity index (χ2n) is 6.45. The molecule has 0 aliphatic heterocycles. The lowest BCUT2D eigenvalue weighted by atomic mass is 9.79. The van der Waals surface area contributed by atoms with Crippen molar-refractivity contribution in [3.63, 3.8) is 0 Å². The molecule has 1 aliphatic carbocycles. The second kappa shape index (κ2) is 8.62. The van der Waals surface area contributed by atoms with Crippen LogP contribution < -0.4 is 0 Å². The van der Waals surface area contributed by atoms with E-state index < -0.39 is 10.1 Å². The van der Waals surface area contributed by atoms with Gasteiger partial charge in [0, 0.05) is 0 Å². The van der Waals surface area contributed by atoms with Gasteiger partial charge in [-0.05, 0) is 43.6 Å². The lowest BCUT2D eigenvalue weighted by Gasteiger charge is -2.31. The molecule has 0 radical (unpaired) electrons. The first-order chi connectivity index (χ1) is 11.4. The molecule has 5 nitrogen and oxygen atoms in total. The fourth-order valence-corrected chi connectivity index (χ4v) is 4.02. The van der Waals surface area contributed by atoms with Gasteiger partial charge in [0.2, 0.25) is 0 Å². The van der Waals surface area contributed by atoms with E-state index in [4.69, 9.17) is 8.92 Å². The molecule has 1 fully saturated rings. The molecule has 6 heteroatoms. The molecule has 134 valence electrons. The summed E-state index contributed by atoms with van der Waals surface area (Å²) < 4.78 is 33.3. The van der Waals surface area contributed by atoms with Crippen LogP contribution in [0.25, 0.3) is 0 Å². The molecule has 0 spiro atoms. The van der Waals surface area contributed by atoms with Crippen LogP contribution in [0.3, 0.4) is 0 Å². The Hall–Kier alpha value is -1.40. The normalized spacial score (nSPS) is 22.8. The topological polar surface area (TPSA) is 69.7 Å². The third-order valence-corrected chi connectivity index (χ3v) is 5.15. The van der Waals surface area contributed by atoms with Crippen molar-refractivity contribution in [2.45, 2.75) is 51.7 Å². The Balaban J connectivity index is 1.80. The molecule has 24 heavy (non-hydrogen) atoms. The van der Waals surface area contributed by atoms with E-state index in [-0.39, 0.29) is 23.9 Å². The second-order valence-corrected chi connectivity index (χ2v) is 8.05. The highest BCUT2D eigenvalue weighted by Gasteiger charge is 2.32. The molecule has 1 aliphatic rings. The minimum atomic E-state index is -3.45. The Bertz CT molecular complexity index is 618. The SMILES string of the molecule is CCC(OS(C)(=O)=O)[C@H]1CC[C@H](C(=O)OCc2ccccc2)CC1. The summed E-state index contributed by atoms with van der Waals surface area (Å²) in [4.78, 5) is 12.2. The summed E-state index contributed by atoms with van der Waals surface area (Å²) in [7, 11) is -3.45. The number of benzene rings is 1. The van der Waals surface area contributed by atoms with Gasteiger partial charge in [-0.2, -0.15) is 8.42 Å². The minimum Gasteiger partial charge on any atom is -0.461 e. The quantitative estimate of drug-likeness (QED) is 0.555. The van der Waals surface area contributed by atoms with Crippen molar-refractivity contribution < 1.29 is 22.1 Å². The van der Waals surface area contributed by atoms with Gasteiger partial charge in [-0.1, -0.05) is 37.3 Å². The summed E-state index contributed by atoms with van der Waals surface area (Å²) in [5.41, 5.74) is 0.979. The van der Waals surface area contributed by atoms with Gasteiger partial charge < -0.3 is 4.74 Å². The maximum Gasteiger partial charge on any atom is 0.309 e. The lowest BCUT2D eigenvalue weighted by Crippen LogP contribution is -2.32. The first-order valence-electron chi connectivity index (χ1n) is 8.48. The summed E-state index contributed by atoms with van der Waals surface area (Å²) in [6.07, 6.45) is 4.48. The van der Waals surface area contributed by atoms with E-state index in [0.29, 0.717) is 13.0 Å². The van der Waals surface area contributed by atoms with Crippen LogP contribution in [-0.2, 0) is 30.4 Å². The van der Waals surface area contributed by atoms with Crippen LogP contribution in [0.2, 0.25) is 0 Å². The van der Waals surface area contributed by atoms with E-state index in [2.05, 4.69) is 0 Å². The predicted octanol–water partition coefficient (Wildman–Crippen LogP) is 3.29. The number of rotatable bonds is 7. The van der Waals surface area contributed by atoms with Crippen LogP contribution in [0.5, 0.6) is 0 Å². The van der Waals surface area contributed by atoms with Crippen molar-refractivity contribution in [2.75, 3.05) is 6.26 Å². The summed E-state index contributed by atoms with van der Waals surface area (Å²) in [6, 6.07) is 9.62. The molecule has 0 amide bonds. The van der Waals surface area contributed by atoms with E-state index in [1.165, 1.54) is 0 Å². The molecule has 2 rings (SSSR count). The van der Waals surface area contributed by atoms with E-state index in [9.17, 15) is 13.2 Å². The zero-order valence-electron chi connectivity index (χ0n) is 14.3. The third kappa shape index (κ3) is 5.91. The largest absolute Gasteiger partial charge is 0.461 e. The van der Waals surface area contributed by atoms with Gasteiger partial charge in [0.05, 0.1) is 18.3 Å². The fraction of sp³-hybridized carbons (Fsp3) is 0.611. The number of carbonyl (C=O) groups is 1. The Morgan fingerprint density at radius 1 is 1.17 bits per heavy atom. The van der Waals surface area contributed by atoms with Crippen LogP contribution >= 0.6 is 0 Å². The molecule has 0 N–H and O–H groups in total. The molecule has 1 unspecified atom stereocenters. The molecule has 0 bridgehead atoms. The van der Waals surface area contributed by atoms with Gasteiger partial charge in [0.15, 0.2) is 0 Å². The molecular formula is C18H26O5S. The highest BCUT2D eigenvalue weighted by molar-refractivity contribution is 7.86. The summed E-state index contributed by atoms with van der Waals surface area (Å²) >= 11 is 0. The van der Waals surface area contributed by atoms with E-state index in [1.807, 2.05) is 37.3 Å². The van der Waals surface area contributed by atoms with E-state index >= 15 is 0 Å². The van der Waals surface area contributed by atoms with Gasteiger partial charge in [0.1, 0.15) is 6.61 Å². The van der Waals surface area contributed by atoms with Crippen molar-refractivity contribution in [3.8, 4) is 0 Å². The summed E-state index contributed by atoms with van der Waals surface area (Å²) in [5, 5.41) is 0. The maximum atomic E-state index is 12.2. The van der Waals surface area contributed by atoms with Gasteiger partial charge in [-0.3, -0.25) is 8.98 Å². The summed E-state index contributed by atoms with van der Waals surface area (Å²) in [6.45, 7) is 2.23. The Labute approximate surface area is 144 Å². The predicted molar refractivity (Wildman–Crippen MR) is 91.7 cm³/mol. The number of esters is 1. The van der Waals surface area contributed by atoms with Crippen molar-refractivity contribution in [1.82, 2.24) is 0 Å². The standard InChI is InChI=1S/C18H26O5S/c1-3-17(23-24(2,20)21)15-9-11-16(12-10-15)18(19)22-13-14-7-5-4-6-8-14/h4-8,15-17H,3,9-13H2,1-2H3/t15-,16-,17?. The van der Waals surface area contributed by atoms with Crippen LogP contribution in [0, 0.1) is 11.8 Å². The molecule has 1 saturated carbocycles. The average molecular weight is 354 g/mol. The monoisotopic (exact) mass is 354 g/mol. The molecule has 1 aromatic carbocycles. The van der Waals surface area contributed by atoms with Gasteiger partial charge in [-0.15, -0.1) is 0 Å². The van der Waals surface area contributed by atoms with Crippen molar-refractivity contribution in [1.29, 1.82) is 0 Å². The van der Waals surface area contributed by atoms with Crippen molar-refractivity contribution in [2.24, 2.45) is 11.8 Å². The van der Waals surface area contributed by atoms with Crippen LogP contribution in [-0.4, -0.2) is 26.7 Å². The molecule has 1 atom stereocenters. The molecule has 0 heterocycles. The summed E-state index contributed by atoms with van der Waals surface area (Å²) in [5.74, 6) is -0.0713. The van der Waals surface area contributed by atoms with E-state index in [0.717, 1.165) is 37.5 Å².